The van der Waals surface area contributed by atoms with Crippen LogP contribution in [0.5, 0.6) is 11.5 Å². The van der Waals surface area contributed by atoms with Crippen molar-refractivity contribution in [1.82, 2.24) is 0 Å². The minimum absolute atomic E-state index is 0.0754. The van der Waals surface area contributed by atoms with Gasteiger partial charge in [-0.2, -0.15) is 5.26 Å². The van der Waals surface area contributed by atoms with E-state index in [9.17, 15) is 22.9 Å². The maximum atomic E-state index is 13.2. The quantitative estimate of drug-likeness (QED) is 0.448. The van der Waals surface area contributed by atoms with Gasteiger partial charge in [-0.1, -0.05) is 26.0 Å². The highest BCUT2D eigenvalue weighted by molar-refractivity contribution is 7.92. The van der Waals surface area contributed by atoms with Crippen molar-refractivity contribution < 1.29 is 27.1 Å². The van der Waals surface area contributed by atoms with E-state index in [4.69, 9.17) is 9.47 Å². The van der Waals surface area contributed by atoms with Crippen molar-refractivity contribution in [3.8, 4) is 17.6 Å². The van der Waals surface area contributed by atoms with Crippen molar-refractivity contribution in [2.24, 2.45) is 5.92 Å². The maximum absolute atomic E-state index is 13.2. The minimum atomic E-state index is -4.05. The standard InChI is InChI=1S/C25H24FN3O5S/c1-16(2)24(34-22-7-5-4-6-17(22)15-27)25(30)28-19-10-13-23(33-3)21(14-19)29-35(31,32)20-11-8-18(26)9-12-20/h4-14,16,24,29H,1-3H3,(H,28,30). The van der Waals surface area contributed by atoms with Crippen LogP contribution in [0, 0.1) is 23.1 Å². The van der Waals surface area contributed by atoms with Crippen molar-refractivity contribution in [2.75, 3.05) is 17.1 Å². The summed E-state index contributed by atoms with van der Waals surface area (Å²) in [5.41, 5.74) is 0.662. The van der Waals surface area contributed by atoms with Gasteiger partial charge < -0.3 is 14.8 Å². The summed E-state index contributed by atoms with van der Waals surface area (Å²) in [4.78, 5) is 12.9. The SMILES string of the molecule is COc1ccc(NC(=O)C(Oc2ccccc2C#N)C(C)C)cc1NS(=O)(=O)c1ccc(F)cc1. The number of carbonyl (C=O) groups is 1. The third-order valence-corrected chi connectivity index (χ3v) is 6.34. The molecule has 0 bridgehead atoms. The third-order valence-electron chi connectivity index (χ3n) is 4.96. The molecule has 2 N–H and O–H groups in total. The van der Waals surface area contributed by atoms with Crippen LogP contribution in [-0.2, 0) is 14.8 Å². The predicted octanol–water partition coefficient (Wildman–Crippen LogP) is 4.55. The van der Waals surface area contributed by atoms with E-state index in [-0.39, 0.29) is 33.7 Å². The highest BCUT2D eigenvalue weighted by Crippen LogP contribution is 2.30. The lowest BCUT2D eigenvalue weighted by Gasteiger charge is -2.22. The number of rotatable bonds is 9. The number of benzene rings is 3. The number of anilines is 2. The lowest BCUT2D eigenvalue weighted by atomic mass is 10.1. The van der Waals surface area contributed by atoms with E-state index in [1.165, 1.54) is 19.2 Å². The lowest BCUT2D eigenvalue weighted by Crippen LogP contribution is -2.37. The van der Waals surface area contributed by atoms with Crippen LogP contribution in [-0.4, -0.2) is 27.5 Å². The number of nitriles is 1. The third kappa shape index (κ3) is 6.28. The fourth-order valence-corrected chi connectivity index (χ4v) is 4.25. The van der Waals surface area contributed by atoms with Crippen LogP contribution in [0.15, 0.2) is 71.6 Å². The molecule has 8 nitrogen and oxygen atoms in total. The average Bonchev–Trinajstić information content (AvgIpc) is 2.82. The Morgan fingerprint density at radius 1 is 1.03 bits per heavy atom. The first-order chi connectivity index (χ1) is 16.6. The Balaban J connectivity index is 1.84. The van der Waals surface area contributed by atoms with Gasteiger partial charge in [-0.05, 0) is 60.5 Å². The molecule has 0 fully saturated rings. The Kier molecular flexibility index (Phi) is 7.94. The Morgan fingerprint density at radius 3 is 2.34 bits per heavy atom. The van der Waals surface area contributed by atoms with Crippen molar-refractivity contribution in [1.29, 1.82) is 5.26 Å². The highest BCUT2D eigenvalue weighted by Gasteiger charge is 2.26. The summed E-state index contributed by atoms with van der Waals surface area (Å²) in [7, 11) is -2.68. The van der Waals surface area contributed by atoms with Gasteiger partial charge >= 0.3 is 0 Å². The number of hydrogen-bond donors (Lipinski definition) is 2. The molecular formula is C25H24FN3O5S. The number of ether oxygens (including phenoxy) is 2. The molecule has 1 atom stereocenters. The van der Waals surface area contributed by atoms with Crippen LogP contribution in [0.25, 0.3) is 0 Å². The second kappa shape index (κ2) is 10.9. The molecule has 3 rings (SSSR count). The fraction of sp³-hybridized carbons (Fsp3) is 0.200. The Morgan fingerprint density at radius 2 is 1.71 bits per heavy atom. The number of hydrogen-bond acceptors (Lipinski definition) is 6. The largest absolute Gasteiger partial charge is 0.495 e. The molecule has 3 aromatic rings. The van der Waals surface area contributed by atoms with Crippen LogP contribution in [0.3, 0.4) is 0 Å². The first-order valence-electron chi connectivity index (χ1n) is 10.6. The van der Waals surface area contributed by atoms with E-state index < -0.39 is 27.9 Å². The van der Waals surface area contributed by atoms with Crippen LogP contribution >= 0.6 is 0 Å². The van der Waals surface area contributed by atoms with E-state index in [1.54, 1.807) is 44.2 Å². The van der Waals surface area contributed by atoms with Gasteiger partial charge in [-0.25, -0.2) is 12.8 Å². The van der Waals surface area contributed by atoms with Gasteiger partial charge in [-0.15, -0.1) is 0 Å². The molecule has 0 radical (unpaired) electrons. The smallest absolute Gasteiger partial charge is 0.265 e. The van der Waals surface area contributed by atoms with Crippen molar-refractivity contribution in [3.63, 3.8) is 0 Å². The molecule has 0 heterocycles. The summed E-state index contributed by atoms with van der Waals surface area (Å²) in [5, 5.41) is 12.0. The van der Waals surface area contributed by atoms with Crippen LogP contribution in [0.2, 0.25) is 0 Å². The molecule has 0 spiro atoms. The molecule has 182 valence electrons. The summed E-state index contributed by atoms with van der Waals surface area (Å²) in [5.74, 6) is -0.785. The number of para-hydroxylation sites is 1. The summed E-state index contributed by atoms with van der Waals surface area (Å²) in [6.07, 6.45) is -0.925. The molecule has 10 heteroatoms. The molecular weight excluding hydrogens is 473 g/mol. The summed E-state index contributed by atoms with van der Waals surface area (Å²) in [6.45, 7) is 3.60. The highest BCUT2D eigenvalue weighted by atomic mass is 32.2. The lowest BCUT2D eigenvalue weighted by molar-refractivity contribution is -0.124. The maximum Gasteiger partial charge on any atom is 0.265 e. The van der Waals surface area contributed by atoms with Crippen molar-refractivity contribution >= 4 is 27.3 Å². The number of nitrogens with one attached hydrogen (secondary N) is 2. The summed E-state index contributed by atoms with van der Waals surface area (Å²) >= 11 is 0. The molecule has 0 saturated carbocycles. The first-order valence-corrected chi connectivity index (χ1v) is 12.1. The molecule has 0 aliphatic rings. The van der Waals surface area contributed by atoms with E-state index in [0.717, 1.165) is 24.3 Å². The number of carbonyl (C=O) groups excluding carboxylic acids is 1. The van der Waals surface area contributed by atoms with Gasteiger partial charge in [-0.3, -0.25) is 9.52 Å². The Bertz CT molecular complexity index is 1350. The van der Waals surface area contributed by atoms with Crippen LogP contribution in [0.4, 0.5) is 15.8 Å². The van der Waals surface area contributed by atoms with E-state index in [2.05, 4.69) is 10.0 Å². The average molecular weight is 498 g/mol. The molecule has 3 aromatic carbocycles. The van der Waals surface area contributed by atoms with Crippen molar-refractivity contribution in [2.45, 2.75) is 24.8 Å². The van der Waals surface area contributed by atoms with Crippen molar-refractivity contribution in [3.05, 3.63) is 78.1 Å². The molecule has 0 aliphatic heterocycles. The topological polar surface area (TPSA) is 118 Å². The number of sulfonamides is 1. The molecule has 0 aromatic heterocycles. The normalized spacial score (nSPS) is 11.9. The molecule has 35 heavy (non-hydrogen) atoms. The van der Waals surface area contributed by atoms with Gasteiger partial charge in [0, 0.05) is 5.69 Å². The monoisotopic (exact) mass is 497 g/mol. The second-order valence-electron chi connectivity index (χ2n) is 7.85. The minimum Gasteiger partial charge on any atom is -0.495 e. The molecule has 0 aliphatic carbocycles. The fourth-order valence-electron chi connectivity index (χ4n) is 3.19. The zero-order valence-corrected chi connectivity index (χ0v) is 20.1. The van der Waals surface area contributed by atoms with E-state index in [0.29, 0.717) is 5.56 Å². The summed E-state index contributed by atoms with van der Waals surface area (Å²) in [6, 6.07) is 17.4. The van der Waals surface area contributed by atoms with Crippen LogP contribution in [0.1, 0.15) is 19.4 Å². The Labute approximate surface area is 203 Å². The first kappa shape index (κ1) is 25.5. The van der Waals surface area contributed by atoms with Gasteiger partial charge in [0.25, 0.3) is 15.9 Å². The van der Waals surface area contributed by atoms with Gasteiger partial charge in [0.1, 0.15) is 23.4 Å². The molecule has 1 unspecified atom stereocenters. The van der Waals surface area contributed by atoms with Crippen LogP contribution < -0.4 is 19.5 Å². The van der Waals surface area contributed by atoms with E-state index in [1.807, 2.05) is 6.07 Å². The number of methoxy groups -OCH3 is 1. The van der Waals surface area contributed by atoms with Gasteiger partial charge in [0.05, 0.1) is 23.3 Å². The molecule has 0 saturated heterocycles. The number of amides is 1. The zero-order chi connectivity index (χ0) is 25.6. The molecule has 1 amide bonds. The zero-order valence-electron chi connectivity index (χ0n) is 19.3. The number of nitrogens with zero attached hydrogens (tertiary/aromatic N) is 1. The summed E-state index contributed by atoms with van der Waals surface area (Å²) < 4.78 is 52.2. The van der Waals surface area contributed by atoms with Gasteiger partial charge in [0.2, 0.25) is 0 Å². The Hall–Kier alpha value is -4.10. The second-order valence-corrected chi connectivity index (χ2v) is 9.54. The predicted molar refractivity (Wildman–Crippen MR) is 129 cm³/mol. The number of halogens is 1. The van der Waals surface area contributed by atoms with Gasteiger partial charge in [0.15, 0.2) is 6.10 Å². The van der Waals surface area contributed by atoms with E-state index >= 15 is 0 Å².